The zero-order valence-corrected chi connectivity index (χ0v) is 23.9. The van der Waals surface area contributed by atoms with Crippen molar-refractivity contribution in [3.8, 4) is 11.4 Å². The van der Waals surface area contributed by atoms with E-state index in [1.54, 1.807) is 22.8 Å². The average molecular weight is 581 g/mol. The van der Waals surface area contributed by atoms with E-state index in [4.69, 9.17) is 19.6 Å². The van der Waals surface area contributed by atoms with Crippen LogP contribution in [0.1, 0.15) is 31.3 Å². The Bertz CT molecular complexity index is 1320. The van der Waals surface area contributed by atoms with Gasteiger partial charge in [0, 0.05) is 62.7 Å². The minimum Gasteiger partial charge on any atom is -0.450 e. The minimum absolute atomic E-state index is 0.0840. The van der Waals surface area contributed by atoms with Crippen LogP contribution in [0.3, 0.4) is 0 Å². The molecular formula is C29H36N6O7. The molecule has 0 radical (unpaired) electrons. The molecule has 1 unspecified atom stereocenters. The predicted octanol–water partition coefficient (Wildman–Crippen LogP) is 2.33. The van der Waals surface area contributed by atoms with Gasteiger partial charge in [-0.1, -0.05) is 44.2 Å². The van der Waals surface area contributed by atoms with Crippen molar-refractivity contribution in [1.29, 1.82) is 0 Å². The van der Waals surface area contributed by atoms with Gasteiger partial charge in [-0.3, -0.25) is 9.59 Å². The number of ether oxygens (including phenoxy) is 2. The van der Waals surface area contributed by atoms with E-state index < -0.39 is 24.2 Å². The number of anilines is 1. The number of benzene rings is 1. The van der Waals surface area contributed by atoms with Crippen LogP contribution in [0.2, 0.25) is 0 Å². The van der Waals surface area contributed by atoms with Crippen molar-refractivity contribution in [2.24, 2.45) is 17.8 Å². The van der Waals surface area contributed by atoms with Crippen LogP contribution in [0.5, 0.6) is 0 Å². The van der Waals surface area contributed by atoms with Crippen LogP contribution in [0.4, 0.5) is 15.4 Å². The van der Waals surface area contributed by atoms with E-state index in [0.717, 1.165) is 5.56 Å². The molecule has 0 bridgehead atoms. The number of fused-ring (bicyclic) bond motifs is 1. The molecular weight excluding hydrogens is 544 g/mol. The molecule has 13 nitrogen and oxygen atoms in total. The number of carbonyl (C=O) groups excluding carboxylic acids is 3. The summed E-state index contributed by atoms with van der Waals surface area (Å²) in [5.74, 6) is 0.184. The summed E-state index contributed by atoms with van der Waals surface area (Å²) in [5.41, 5.74) is 0.865. The molecule has 2 N–H and O–H groups in total. The number of rotatable bonds is 8. The van der Waals surface area contributed by atoms with Crippen molar-refractivity contribution in [2.75, 3.05) is 50.8 Å². The van der Waals surface area contributed by atoms with Crippen LogP contribution in [0.25, 0.3) is 11.4 Å². The van der Waals surface area contributed by atoms with Gasteiger partial charge in [-0.05, 0) is 12.8 Å². The topological polar surface area (TPSA) is 154 Å². The molecule has 4 atom stereocenters. The van der Waals surface area contributed by atoms with Gasteiger partial charge in [-0.2, -0.15) is 0 Å². The monoisotopic (exact) mass is 580 g/mol. The van der Waals surface area contributed by atoms with Gasteiger partial charge < -0.3 is 34.6 Å². The van der Waals surface area contributed by atoms with Crippen LogP contribution in [0, 0.1) is 17.8 Å². The first-order valence-electron chi connectivity index (χ1n) is 14.3. The lowest BCUT2D eigenvalue weighted by atomic mass is 10.0. The molecule has 0 spiro atoms. The van der Waals surface area contributed by atoms with E-state index in [-0.39, 0.29) is 42.1 Å². The molecule has 3 amide bonds. The zero-order chi connectivity index (χ0) is 30.0. The standard InChI is InChI=1S/C29H36N6O7/c1-4-41-28(38)34-12-10-33(11-13-34)27(37)23(17(2)3)32-26(36)21-14-22(31-25(30-21)18-8-6-5-7-9-18)35-15-19-20(16-35)24(19)42-29(39)40/h5-9,14,17,19-20,23-24H,4,10-13,15-16H2,1-3H3,(H,32,36)(H,39,40)/t19-,20+,23-,24?/m0/s1. The number of carboxylic acid groups (broad SMARTS) is 1. The average Bonchev–Trinajstić information content (AvgIpc) is 3.40. The van der Waals surface area contributed by atoms with Crippen LogP contribution < -0.4 is 10.2 Å². The van der Waals surface area contributed by atoms with Gasteiger partial charge in [0.25, 0.3) is 5.91 Å². The van der Waals surface area contributed by atoms with Crippen molar-refractivity contribution in [1.82, 2.24) is 25.1 Å². The Hall–Kier alpha value is -4.42. The Labute approximate surface area is 243 Å². The maximum absolute atomic E-state index is 13.6. The highest BCUT2D eigenvalue weighted by atomic mass is 16.7. The number of amides is 3. The Morgan fingerprint density at radius 2 is 1.64 bits per heavy atom. The Kier molecular flexibility index (Phi) is 8.46. The van der Waals surface area contributed by atoms with Crippen molar-refractivity contribution in [2.45, 2.75) is 32.9 Å². The third-order valence-electron chi connectivity index (χ3n) is 7.99. The molecule has 42 heavy (non-hydrogen) atoms. The van der Waals surface area contributed by atoms with Gasteiger partial charge in [-0.25, -0.2) is 19.6 Å². The Balaban J connectivity index is 1.32. The number of nitrogens with one attached hydrogen (secondary N) is 1. The molecule has 224 valence electrons. The molecule has 3 fully saturated rings. The number of hydrogen-bond donors (Lipinski definition) is 2. The largest absolute Gasteiger partial charge is 0.506 e. The summed E-state index contributed by atoms with van der Waals surface area (Å²) in [7, 11) is 0. The summed E-state index contributed by atoms with van der Waals surface area (Å²) in [5, 5.41) is 11.9. The molecule has 2 saturated heterocycles. The van der Waals surface area contributed by atoms with Gasteiger partial charge in [-0.15, -0.1) is 0 Å². The first-order chi connectivity index (χ1) is 20.2. The normalized spacial score (nSPS) is 21.9. The first kappa shape index (κ1) is 29.1. The van der Waals surface area contributed by atoms with E-state index in [0.29, 0.717) is 50.9 Å². The van der Waals surface area contributed by atoms with Gasteiger partial charge in [0.15, 0.2) is 5.82 Å². The molecule has 1 aromatic heterocycles. The molecule has 1 aromatic carbocycles. The SMILES string of the molecule is CCOC(=O)N1CCN(C(=O)[C@@H](NC(=O)c2cc(N3C[C@@H]4C(OC(=O)O)[C@@H]4C3)nc(-c3ccccc3)n2)C(C)C)CC1. The van der Waals surface area contributed by atoms with Crippen molar-refractivity contribution in [3.63, 3.8) is 0 Å². The number of hydrogen-bond acceptors (Lipinski definition) is 9. The molecule has 1 saturated carbocycles. The van der Waals surface area contributed by atoms with Gasteiger partial charge in [0.05, 0.1) is 6.61 Å². The number of nitrogens with zero attached hydrogens (tertiary/aromatic N) is 5. The van der Waals surface area contributed by atoms with Crippen molar-refractivity contribution >= 4 is 29.9 Å². The predicted molar refractivity (Wildman–Crippen MR) is 151 cm³/mol. The highest BCUT2D eigenvalue weighted by Crippen LogP contribution is 2.48. The Morgan fingerprint density at radius 1 is 1.00 bits per heavy atom. The molecule has 3 heterocycles. The summed E-state index contributed by atoms with van der Waals surface area (Å²) in [6.07, 6.45) is -1.98. The second kappa shape index (κ2) is 12.2. The molecule has 1 aliphatic carbocycles. The van der Waals surface area contributed by atoms with Crippen LogP contribution in [-0.2, 0) is 14.3 Å². The zero-order valence-electron chi connectivity index (χ0n) is 23.9. The van der Waals surface area contributed by atoms with Crippen LogP contribution >= 0.6 is 0 Å². The number of aromatic nitrogens is 2. The fourth-order valence-electron chi connectivity index (χ4n) is 5.63. The van der Waals surface area contributed by atoms with Gasteiger partial charge in [0.1, 0.15) is 23.7 Å². The van der Waals surface area contributed by atoms with Crippen molar-refractivity contribution < 1.29 is 33.8 Å². The first-order valence-corrected chi connectivity index (χ1v) is 14.3. The second-order valence-electron chi connectivity index (χ2n) is 11.1. The number of carbonyl (C=O) groups is 4. The lowest BCUT2D eigenvalue weighted by molar-refractivity contribution is -0.135. The van der Waals surface area contributed by atoms with E-state index in [1.165, 1.54) is 0 Å². The summed E-state index contributed by atoms with van der Waals surface area (Å²) < 4.78 is 10.0. The number of piperidine rings is 1. The fraction of sp³-hybridized carbons (Fsp3) is 0.517. The summed E-state index contributed by atoms with van der Waals surface area (Å²) in [4.78, 5) is 64.6. The lowest BCUT2D eigenvalue weighted by Gasteiger charge is -2.36. The maximum atomic E-state index is 13.6. The van der Waals surface area contributed by atoms with E-state index >= 15 is 0 Å². The van der Waals surface area contributed by atoms with Gasteiger partial charge >= 0.3 is 12.2 Å². The fourth-order valence-corrected chi connectivity index (χ4v) is 5.63. The van der Waals surface area contributed by atoms with Crippen LogP contribution in [0.15, 0.2) is 36.4 Å². The lowest BCUT2D eigenvalue weighted by Crippen LogP contribution is -2.57. The van der Waals surface area contributed by atoms with E-state index in [9.17, 15) is 19.2 Å². The minimum atomic E-state index is -1.27. The highest BCUT2D eigenvalue weighted by Gasteiger charge is 2.59. The van der Waals surface area contributed by atoms with E-state index in [1.807, 2.05) is 49.1 Å². The quantitative estimate of drug-likeness (QED) is 0.445. The summed E-state index contributed by atoms with van der Waals surface area (Å²) >= 11 is 0. The molecule has 5 rings (SSSR count). The third-order valence-corrected chi connectivity index (χ3v) is 7.99. The van der Waals surface area contributed by atoms with E-state index in [2.05, 4.69) is 10.3 Å². The molecule has 3 aliphatic rings. The highest BCUT2D eigenvalue weighted by molar-refractivity contribution is 5.97. The smallest absolute Gasteiger partial charge is 0.450 e. The third kappa shape index (κ3) is 6.24. The molecule has 13 heteroatoms. The second-order valence-corrected chi connectivity index (χ2v) is 11.1. The maximum Gasteiger partial charge on any atom is 0.506 e. The van der Waals surface area contributed by atoms with Crippen molar-refractivity contribution in [3.05, 3.63) is 42.1 Å². The molecule has 2 aromatic rings. The number of piperazine rings is 1. The van der Waals surface area contributed by atoms with Gasteiger partial charge in [0.2, 0.25) is 5.91 Å². The molecule has 2 aliphatic heterocycles. The summed E-state index contributed by atoms with van der Waals surface area (Å²) in [6, 6.07) is 10.1. The van der Waals surface area contributed by atoms with Crippen LogP contribution in [-0.4, -0.2) is 107 Å². The Morgan fingerprint density at radius 3 is 2.24 bits per heavy atom. The summed E-state index contributed by atoms with van der Waals surface area (Å²) in [6.45, 7) is 8.28.